The Hall–Kier alpha value is -2.29. The maximum Gasteiger partial charge on any atom is 0.298 e. The molecule has 0 aliphatic carbocycles. The van der Waals surface area contributed by atoms with Crippen molar-refractivity contribution in [3.63, 3.8) is 0 Å². The van der Waals surface area contributed by atoms with Gasteiger partial charge in [0.1, 0.15) is 5.52 Å². The minimum Gasteiger partial charge on any atom is -0.423 e. The first-order chi connectivity index (χ1) is 10.4. The van der Waals surface area contributed by atoms with Gasteiger partial charge in [-0.2, -0.15) is 4.98 Å². The molecule has 21 heavy (non-hydrogen) atoms. The number of aromatic nitrogens is 1. The first-order valence-electron chi connectivity index (χ1n) is 7.59. The summed E-state index contributed by atoms with van der Waals surface area (Å²) >= 11 is 0. The largest absolute Gasteiger partial charge is 0.423 e. The van der Waals surface area contributed by atoms with Crippen molar-refractivity contribution in [1.82, 2.24) is 4.98 Å². The molecule has 106 valence electrons. The Balaban J connectivity index is 1.73. The molecule has 2 heterocycles. The van der Waals surface area contributed by atoms with Gasteiger partial charge >= 0.3 is 0 Å². The summed E-state index contributed by atoms with van der Waals surface area (Å²) in [6, 6.07) is 19.8. The van der Waals surface area contributed by atoms with Crippen molar-refractivity contribution in [3.8, 4) is 0 Å². The zero-order valence-corrected chi connectivity index (χ0v) is 11.9. The smallest absolute Gasteiger partial charge is 0.298 e. The van der Waals surface area contributed by atoms with Gasteiger partial charge in [0.05, 0.1) is 6.04 Å². The fourth-order valence-corrected chi connectivity index (χ4v) is 3.17. The minimum atomic E-state index is 0.369. The third-order valence-corrected chi connectivity index (χ3v) is 4.22. The molecule has 1 aromatic heterocycles. The predicted molar refractivity (Wildman–Crippen MR) is 84.4 cm³/mol. The Morgan fingerprint density at radius 1 is 0.952 bits per heavy atom. The summed E-state index contributed by atoms with van der Waals surface area (Å²) in [6.07, 6.45) is 3.61. The van der Waals surface area contributed by atoms with E-state index < -0.39 is 0 Å². The average molecular weight is 278 g/mol. The zero-order chi connectivity index (χ0) is 14.1. The molecule has 0 N–H and O–H groups in total. The number of anilines is 1. The Bertz CT molecular complexity index is 702. The van der Waals surface area contributed by atoms with Crippen LogP contribution in [0.3, 0.4) is 0 Å². The van der Waals surface area contributed by atoms with Gasteiger partial charge in [-0.05, 0) is 37.0 Å². The number of fused-ring (bicyclic) bond motifs is 1. The lowest BCUT2D eigenvalue weighted by Crippen LogP contribution is -2.33. The monoisotopic (exact) mass is 278 g/mol. The van der Waals surface area contributed by atoms with Gasteiger partial charge in [-0.3, -0.25) is 0 Å². The molecule has 3 nitrogen and oxygen atoms in total. The number of hydrogen-bond acceptors (Lipinski definition) is 3. The van der Waals surface area contributed by atoms with Gasteiger partial charge in [-0.25, -0.2) is 0 Å². The SMILES string of the molecule is c1ccc(C2CCCCN2c2nc3ccccc3o2)cc1. The van der Waals surface area contributed by atoms with Crippen molar-refractivity contribution in [2.45, 2.75) is 25.3 Å². The van der Waals surface area contributed by atoms with Crippen LogP contribution in [-0.4, -0.2) is 11.5 Å². The molecule has 2 aromatic carbocycles. The fourth-order valence-electron chi connectivity index (χ4n) is 3.17. The van der Waals surface area contributed by atoms with E-state index in [2.05, 4.69) is 40.2 Å². The standard InChI is InChI=1S/C18H18N2O/c1-2-8-14(9-3-1)16-11-6-7-13-20(16)18-19-15-10-4-5-12-17(15)21-18/h1-5,8-10,12,16H,6-7,11,13H2. The van der Waals surface area contributed by atoms with E-state index in [1.807, 2.05) is 24.3 Å². The number of oxazole rings is 1. The zero-order valence-electron chi connectivity index (χ0n) is 11.9. The van der Waals surface area contributed by atoms with Crippen LogP contribution in [0, 0.1) is 0 Å². The van der Waals surface area contributed by atoms with Crippen LogP contribution in [0.25, 0.3) is 11.1 Å². The van der Waals surface area contributed by atoms with Crippen molar-refractivity contribution >= 4 is 17.1 Å². The third kappa shape index (κ3) is 2.29. The second kappa shape index (κ2) is 5.24. The number of rotatable bonds is 2. The highest BCUT2D eigenvalue weighted by atomic mass is 16.4. The summed E-state index contributed by atoms with van der Waals surface area (Å²) in [5.41, 5.74) is 3.15. The Morgan fingerprint density at radius 3 is 2.62 bits per heavy atom. The molecule has 1 fully saturated rings. The maximum atomic E-state index is 5.97. The van der Waals surface area contributed by atoms with Gasteiger partial charge in [0.2, 0.25) is 0 Å². The van der Waals surface area contributed by atoms with Crippen molar-refractivity contribution < 1.29 is 4.42 Å². The van der Waals surface area contributed by atoms with E-state index in [4.69, 9.17) is 4.42 Å². The lowest BCUT2D eigenvalue weighted by atomic mass is 9.96. The van der Waals surface area contributed by atoms with Gasteiger partial charge in [0, 0.05) is 6.54 Å². The summed E-state index contributed by atoms with van der Waals surface area (Å²) in [6.45, 7) is 1.01. The van der Waals surface area contributed by atoms with Crippen LogP contribution in [0.4, 0.5) is 6.01 Å². The van der Waals surface area contributed by atoms with Crippen LogP contribution in [0.1, 0.15) is 30.9 Å². The maximum absolute atomic E-state index is 5.97. The molecule has 3 aromatic rings. The molecule has 0 spiro atoms. The lowest BCUT2D eigenvalue weighted by Gasteiger charge is -2.34. The molecule has 0 amide bonds. The van der Waals surface area contributed by atoms with Gasteiger partial charge < -0.3 is 9.32 Å². The Kier molecular flexibility index (Phi) is 3.11. The molecule has 0 saturated carbocycles. The van der Waals surface area contributed by atoms with Gasteiger partial charge in [0.25, 0.3) is 6.01 Å². The van der Waals surface area contributed by atoms with E-state index in [0.29, 0.717) is 6.04 Å². The second-order valence-corrected chi connectivity index (χ2v) is 5.58. The average Bonchev–Trinajstić information content (AvgIpc) is 2.99. The molecule has 4 rings (SSSR count). The highest BCUT2D eigenvalue weighted by Crippen LogP contribution is 2.35. The third-order valence-electron chi connectivity index (χ3n) is 4.22. The Morgan fingerprint density at radius 2 is 1.76 bits per heavy atom. The quantitative estimate of drug-likeness (QED) is 0.688. The number of piperidine rings is 1. The van der Waals surface area contributed by atoms with E-state index >= 15 is 0 Å². The molecule has 1 saturated heterocycles. The molecule has 1 unspecified atom stereocenters. The molecule has 3 heteroatoms. The molecule has 0 radical (unpaired) electrons. The highest BCUT2D eigenvalue weighted by Gasteiger charge is 2.27. The number of hydrogen-bond donors (Lipinski definition) is 0. The first-order valence-corrected chi connectivity index (χ1v) is 7.59. The van der Waals surface area contributed by atoms with Gasteiger partial charge in [0.15, 0.2) is 5.58 Å². The molecule has 1 aliphatic rings. The van der Waals surface area contributed by atoms with E-state index in [9.17, 15) is 0 Å². The van der Waals surface area contributed by atoms with E-state index in [0.717, 1.165) is 30.1 Å². The Labute approximate surface area is 124 Å². The first kappa shape index (κ1) is 12.5. The molecule has 0 bridgehead atoms. The number of nitrogens with zero attached hydrogens (tertiary/aromatic N) is 2. The summed E-state index contributed by atoms with van der Waals surface area (Å²) in [4.78, 5) is 6.99. The minimum absolute atomic E-state index is 0.369. The van der Waals surface area contributed by atoms with Crippen LogP contribution in [0.15, 0.2) is 59.0 Å². The predicted octanol–water partition coefficient (Wildman–Crippen LogP) is 4.56. The molecule has 1 aliphatic heterocycles. The van der Waals surface area contributed by atoms with Crippen molar-refractivity contribution in [1.29, 1.82) is 0 Å². The van der Waals surface area contributed by atoms with E-state index in [1.54, 1.807) is 0 Å². The van der Waals surface area contributed by atoms with Crippen LogP contribution in [-0.2, 0) is 0 Å². The highest BCUT2D eigenvalue weighted by molar-refractivity contribution is 5.74. The lowest BCUT2D eigenvalue weighted by molar-refractivity contribution is 0.433. The van der Waals surface area contributed by atoms with Gasteiger partial charge in [-0.1, -0.05) is 42.5 Å². The second-order valence-electron chi connectivity index (χ2n) is 5.58. The topological polar surface area (TPSA) is 29.3 Å². The van der Waals surface area contributed by atoms with Crippen LogP contribution in [0.2, 0.25) is 0 Å². The van der Waals surface area contributed by atoms with E-state index in [-0.39, 0.29) is 0 Å². The normalized spacial score (nSPS) is 19.0. The van der Waals surface area contributed by atoms with Crippen molar-refractivity contribution in [3.05, 3.63) is 60.2 Å². The van der Waals surface area contributed by atoms with Crippen LogP contribution in [0.5, 0.6) is 0 Å². The summed E-state index contributed by atoms with van der Waals surface area (Å²) < 4.78 is 5.97. The van der Waals surface area contributed by atoms with E-state index in [1.165, 1.54) is 18.4 Å². The van der Waals surface area contributed by atoms with Crippen LogP contribution < -0.4 is 4.90 Å². The molecule has 1 atom stereocenters. The summed E-state index contributed by atoms with van der Waals surface area (Å²) in [5, 5.41) is 0. The number of benzene rings is 2. The number of para-hydroxylation sites is 2. The van der Waals surface area contributed by atoms with Crippen molar-refractivity contribution in [2.24, 2.45) is 0 Å². The van der Waals surface area contributed by atoms with Crippen LogP contribution >= 0.6 is 0 Å². The summed E-state index contributed by atoms with van der Waals surface area (Å²) in [7, 11) is 0. The fraction of sp³-hybridized carbons (Fsp3) is 0.278. The molecular weight excluding hydrogens is 260 g/mol. The van der Waals surface area contributed by atoms with Gasteiger partial charge in [-0.15, -0.1) is 0 Å². The van der Waals surface area contributed by atoms with Crippen molar-refractivity contribution in [2.75, 3.05) is 11.4 Å². The molecular formula is C18H18N2O. The summed E-state index contributed by atoms with van der Waals surface area (Å²) in [5.74, 6) is 0.